The summed E-state index contributed by atoms with van der Waals surface area (Å²) in [6.07, 6.45) is 8.31. The van der Waals surface area contributed by atoms with Gasteiger partial charge in [-0.2, -0.15) is 10.1 Å². The zero-order valence-corrected chi connectivity index (χ0v) is 12.1. The Morgan fingerprint density at radius 2 is 1.86 bits per heavy atom. The summed E-state index contributed by atoms with van der Waals surface area (Å²) in [5, 5.41) is 7.24. The highest BCUT2D eigenvalue weighted by atomic mass is 32.1. The van der Waals surface area contributed by atoms with Crippen molar-refractivity contribution >= 4 is 29.4 Å². The summed E-state index contributed by atoms with van der Waals surface area (Å²) < 4.78 is 0. The predicted molar refractivity (Wildman–Crippen MR) is 78.5 cm³/mol. The van der Waals surface area contributed by atoms with Crippen molar-refractivity contribution in [3.63, 3.8) is 0 Å². The van der Waals surface area contributed by atoms with Gasteiger partial charge in [-0.05, 0) is 41.5 Å². The van der Waals surface area contributed by atoms with Crippen molar-refractivity contribution in [1.29, 1.82) is 0 Å². The Balaban J connectivity index is 1.48. The molecule has 1 spiro atoms. The SMILES string of the molecule is O=C1C2C(C(=O)N1/N=C/c1cccs1)C1C=CC2C12CC2. The maximum Gasteiger partial charge on any atom is 0.254 e. The fourth-order valence-electron chi connectivity index (χ4n) is 4.66. The van der Waals surface area contributed by atoms with Crippen LogP contribution in [0.1, 0.15) is 17.7 Å². The first kappa shape index (κ1) is 11.9. The van der Waals surface area contributed by atoms with Crippen molar-refractivity contribution in [2.24, 2.45) is 34.2 Å². The predicted octanol–water partition coefficient (Wildman–Crippen LogP) is 2.28. The highest BCUT2D eigenvalue weighted by Crippen LogP contribution is 2.73. The van der Waals surface area contributed by atoms with E-state index in [9.17, 15) is 9.59 Å². The number of thiophene rings is 1. The fourth-order valence-corrected chi connectivity index (χ4v) is 5.24. The average molecular weight is 298 g/mol. The summed E-state index contributed by atoms with van der Waals surface area (Å²) >= 11 is 1.54. The van der Waals surface area contributed by atoms with Crippen molar-refractivity contribution in [1.82, 2.24) is 5.01 Å². The van der Waals surface area contributed by atoms with E-state index in [0.717, 1.165) is 9.89 Å². The molecular formula is C16H14N2O2S. The smallest absolute Gasteiger partial charge is 0.254 e. The van der Waals surface area contributed by atoms with E-state index >= 15 is 0 Å². The highest BCUT2D eigenvalue weighted by Gasteiger charge is 2.73. The quantitative estimate of drug-likeness (QED) is 0.478. The van der Waals surface area contributed by atoms with Crippen LogP contribution in [0, 0.1) is 29.1 Å². The zero-order valence-electron chi connectivity index (χ0n) is 11.3. The van der Waals surface area contributed by atoms with Gasteiger partial charge in [-0.3, -0.25) is 9.59 Å². The minimum absolute atomic E-state index is 0.0964. The lowest BCUT2D eigenvalue weighted by Gasteiger charge is -2.18. The maximum absolute atomic E-state index is 12.6. The van der Waals surface area contributed by atoms with Crippen molar-refractivity contribution in [3.05, 3.63) is 34.5 Å². The van der Waals surface area contributed by atoms with Crippen molar-refractivity contribution in [3.8, 4) is 0 Å². The van der Waals surface area contributed by atoms with E-state index in [1.807, 2.05) is 17.5 Å². The summed E-state index contributed by atoms with van der Waals surface area (Å²) in [7, 11) is 0. The Hall–Kier alpha value is -1.75. The van der Waals surface area contributed by atoms with Gasteiger partial charge in [0.15, 0.2) is 0 Å². The van der Waals surface area contributed by atoms with Crippen LogP contribution in [0.3, 0.4) is 0 Å². The molecule has 1 saturated heterocycles. The molecule has 3 aliphatic carbocycles. The summed E-state index contributed by atoms with van der Waals surface area (Å²) in [6.45, 7) is 0. The van der Waals surface area contributed by atoms with Crippen LogP contribution in [0.2, 0.25) is 0 Å². The number of hydrazone groups is 1. The molecule has 4 aliphatic rings. The number of amides is 2. The molecule has 4 unspecified atom stereocenters. The minimum atomic E-state index is -0.157. The number of rotatable bonds is 2. The van der Waals surface area contributed by atoms with Gasteiger partial charge >= 0.3 is 0 Å². The van der Waals surface area contributed by atoms with E-state index in [4.69, 9.17) is 0 Å². The topological polar surface area (TPSA) is 49.7 Å². The van der Waals surface area contributed by atoms with Gasteiger partial charge in [-0.25, -0.2) is 0 Å². The largest absolute Gasteiger partial charge is 0.272 e. The van der Waals surface area contributed by atoms with Gasteiger partial charge in [0.25, 0.3) is 11.8 Å². The van der Waals surface area contributed by atoms with Crippen LogP contribution in [0.15, 0.2) is 34.8 Å². The molecule has 2 amide bonds. The Morgan fingerprint density at radius 3 is 2.38 bits per heavy atom. The molecule has 1 aromatic rings. The fraction of sp³-hybridized carbons (Fsp3) is 0.438. The molecule has 4 nitrogen and oxygen atoms in total. The number of carbonyl (C=O) groups excluding carboxylic acids is 2. The van der Waals surface area contributed by atoms with Gasteiger partial charge < -0.3 is 0 Å². The summed E-state index contributed by atoms with van der Waals surface area (Å²) in [5.41, 5.74) is 0.254. The molecule has 106 valence electrons. The van der Waals surface area contributed by atoms with Crippen LogP contribution in [0.4, 0.5) is 0 Å². The molecule has 2 heterocycles. The van der Waals surface area contributed by atoms with Gasteiger partial charge in [0.05, 0.1) is 18.1 Å². The molecule has 2 saturated carbocycles. The van der Waals surface area contributed by atoms with Crippen LogP contribution in [-0.2, 0) is 9.59 Å². The standard InChI is InChI=1S/C16H14N2O2S/c19-14-12-10-3-4-11(16(10)5-6-16)13(12)15(20)18(14)17-8-9-2-1-7-21-9/h1-4,7-8,10-13H,5-6H2/b17-8+. The van der Waals surface area contributed by atoms with E-state index in [1.165, 1.54) is 12.8 Å². The molecule has 1 aliphatic heterocycles. The maximum atomic E-state index is 12.6. The number of hydrogen-bond donors (Lipinski definition) is 0. The number of allylic oxidation sites excluding steroid dienone is 2. The molecule has 2 bridgehead atoms. The van der Waals surface area contributed by atoms with Crippen LogP contribution < -0.4 is 0 Å². The number of nitrogens with zero attached hydrogens (tertiary/aromatic N) is 2. The Bertz CT molecular complexity index is 668. The van der Waals surface area contributed by atoms with Crippen molar-refractivity contribution in [2.75, 3.05) is 0 Å². The third-order valence-electron chi connectivity index (χ3n) is 5.67. The molecule has 0 N–H and O–H groups in total. The lowest BCUT2D eigenvalue weighted by atomic mass is 9.85. The molecule has 0 radical (unpaired) electrons. The van der Waals surface area contributed by atoms with Gasteiger partial charge in [0.2, 0.25) is 0 Å². The third kappa shape index (κ3) is 1.33. The summed E-state index contributed by atoms with van der Waals surface area (Å²) in [5.74, 6) is 0.0320. The number of hydrogen-bond acceptors (Lipinski definition) is 4. The molecule has 21 heavy (non-hydrogen) atoms. The highest BCUT2D eigenvalue weighted by molar-refractivity contribution is 7.11. The van der Waals surface area contributed by atoms with Gasteiger partial charge in [0.1, 0.15) is 0 Å². The Kier molecular flexibility index (Phi) is 2.10. The third-order valence-corrected chi connectivity index (χ3v) is 6.48. The number of carbonyl (C=O) groups is 2. The molecule has 3 fully saturated rings. The van der Waals surface area contributed by atoms with Crippen LogP contribution in [0.5, 0.6) is 0 Å². The molecule has 5 rings (SSSR count). The van der Waals surface area contributed by atoms with Crippen molar-refractivity contribution in [2.45, 2.75) is 12.8 Å². The first-order chi connectivity index (χ1) is 10.2. The second kappa shape index (κ2) is 3.71. The number of imide groups is 1. The summed E-state index contributed by atoms with van der Waals surface area (Å²) in [6, 6.07) is 3.85. The second-order valence-corrected chi connectivity index (χ2v) is 7.45. The minimum Gasteiger partial charge on any atom is -0.272 e. The first-order valence-electron chi connectivity index (χ1n) is 7.36. The molecule has 1 aromatic heterocycles. The normalized spacial score (nSPS) is 38.2. The molecule has 4 atom stereocenters. The van der Waals surface area contributed by atoms with E-state index < -0.39 is 0 Å². The van der Waals surface area contributed by atoms with Gasteiger partial charge in [0, 0.05) is 4.88 Å². The Morgan fingerprint density at radius 1 is 1.19 bits per heavy atom. The van der Waals surface area contributed by atoms with E-state index in [1.54, 1.807) is 17.6 Å². The van der Waals surface area contributed by atoms with Gasteiger partial charge in [-0.15, -0.1) is 11.3 Å². The van der Waals surface area contributed by atoms with E-state index in [-0.39, 0.29) is 40.9 Å². The lowest BCUT2D eigenvalue weighted by Crippen LogP contribution is -2.30. The second-order valence-electron chi connectivity index (χ2n) is 6.47. The average Bonchev–Trinajstić information content (AvgIpc) is 2.77. The zero-order chi connectivity index (χ0) is 14.2. The molecule has 0 aromatic carbocycles. The molecule has 5 heteroatoms. The monoisotopic (exact) mass is 298 g/mol. The lowest BCUT2D eigenvalue weighted by molar-refractivity contribution is -0.141. The molecular weight excluding hydrogens is 284 g/mol. The van der Waals surface area contributed by atoms with Crippen LogP contribution in [0.25, 0.3) is 0 Å². The van der Waals surface area contributed by atoms with Gasteiger partial charge in [-0.1, -0.05) is 18.2 Å². The van der Waals surface area contributed by atoms with Crippen LogP contribution >= 0.6 is 11.3 Å². The van der Waals surface area contributed by atoms with Crippen molar-refractivity contribution < 1.29 is 9.59 Å². The van der Waals surface area contributed by atoms with Crippen LogP contribution in [-0.4, -0.2) is 23.0 Å². The number of fused-ring (bicyclic) bond motifs is 3. The Labute approximate surface area is 126 Å². The van der Waals surface area contributed by atoms with E-state index in [0.29, 0.717) is 0 Å². The summed E-state index contributed by atoms with van der Waals surface area (Å²) in [4.78, 5) is 26.2. The first-order valence-corrected chi connectivity index (χ1v) is 8.24. The van der Waals surface area contributed by atoms with E-state index in [2.05, 4.69) is 17.3 Å².